The molecule has 0 saturated carbocycles. The molecule has 0 aliphatic heterocycles. The zero-order valence-electron chi connectivity index (χ0n) is 17.0. The van der Waals surface area contributed by atoms with Gasteiger partial charge in [0.15, 0.2) is 11.7 Å². The van der Waals surface area contributed by atoms with Gasteiger partial charge in [-0.05, 0) is 26.7 Å². The molecule has 0 aliphatic rings. The monoisotopic (exact) mass is 376 g/mol. The minimum Gasteiger partial charge on any atom is -0.383 e. The van der Waals surface area contributed by atoms with Crippen LogP contribution in [0.25, 0.3) is 0 Å². The molecule has 2 aromatic rings. The van der Waals surface area contributed by atoms with E-state index in [0.717, 1.165) is 36.4 Å². The predicted molar refractivity (Wildman–Crippen MR) is 105 cm³/mol. The van der Waals surface area contributed by atoms with Gasteiger partial charge in [0, 0.05) is 37.3 Å². The minimum atomic E-state index is -1.06. The Morgan fingerprint density at radius 3 is 2.67 bits per heavy atom. The van der Waals surface area contributed by atoms with Crippen LogP contribution in [-0.4, -0.2) is 39.1 Å². The molecule has 1 unspecified atom stereocenters. The lowest BCUT2D eigenvalue weighted by Gasteiger charge is -2.23. The average Bonchev–Trinajstić information content (AvgIpc) is 3.28. The third-order valence-electron chi connectivity index (χ3n) is 4.65. The summed E-state index contributed by atoms with van der Waals surface area (Å²) in [6.45, 7) is 9.47. The summed E-state index contributed by atoms with van der Waals surface area (Å²) in [5, 5.41) is 25.3. The summed E-state index contributed by atoms with van der Waals surface area (Å²) in [5.41, 5.74) is 0.681. The predicted octanol–water partition coefficient (Wildman–Crippen LogP) is 2.27. The van der Waals surface area contributed by atoms with Crippen molar-refractivity contribution in [2.24, 2.45) is 12.0 Å². The van der Waals surface area contributed by atoms with E-state index in [1.807, 2.05) is 20.0 Å². The Kier molecular flexibility index (Phi) is 7.41. The summed E-state index contributed by atoms with van der Waals surface area (Å²) >= 11 is 0. The fraction of sp³-hybridized carbons (Fsp3) is 0.632. The number of rotatable bonds is 9. The quantitative estimate of drug-likeness (QED) is 0.458. The zero-order chi connectivity index (χ0) is 19.9. The Morgan fingerprint density at radius 1 is 1.33 bits per heavy atom. The van der Waals surface area contributed by atoms with E-state index in [1.54, 1.807) is 24.0 Å². The highest BCUT2D eigenvalue weighted by Gasteiger charge is 2.25. The fourth-order valence-corrected chi connectivity index (χ4v) is 2.86. The largest absolute Gasteiger partial charge is 0.383 e. The summed E-state index contributed by atoms with van der Waals surface area (Å²) < 4.78 is 7.09. The molecule has 2 rings (SSSR count). The molecule has 0 spiro atoms. The number of aliphatic imine (C=N–C) groups is 1. The van der Waals surface area contributed by atoms with Crippen molar-refractivity contribution < 1.29 is 9.63 Å². The maximum Gasteiger partial charge on any atom is 0.191 e. The Morgan fingerprint density at radius 2 is 2.07 bits per heavy atom. The highest BCUT2D eigenvalue weighted by Crippen LogP contribution is 2.22. The van der Waals surface area contributed by atoms with Gasteiger partial charge in [0.1, 0.15) is 12.1 Å². The highest BCUT2D eigenvalue weighted by molar-refractivity contribution is 5.79. The van der Waals surface area contributed by atoms with Crippen LogP contribution in [0.1, 0.15) is 63.5 Å². The molecule has 0 amide bonds. The van der Waals surface area contributed by atoms with Crippen LogP contribution in [0, 0.1) is 0 Å². The summed E-state index contributed by atoms with van der Waals surface area (Å²) in [5.74, 6) is 1.77. The van der Waals surface area contributed by atoms with Crippen molar-refractivity contribution in [2.45, 2.75) is 58.6 Å². The van der Waals surface area contributed by atoms with E-state index in [0.29, 0.717) is 25.0 Å². The molecule has 0 saturated heterocycles. The molecule has 0 aliphatic carbocycles. The molecule has 3 N–H and O–H groups in total. The van der Waals surface area contributed by atoms with E-state index in [1.165, 1.54) is 0 Å². The Balaban J connectivity index is 1.99. The van der Waals surface area contributed by atoms with E-state index in [2.05, 4.69) is 39.7 Å². The normalized spacial score (nSPS) is 14.4. The second kappa shape index (κ2) is 9.55. The van der Waals surface area contributed by atoms with Crippen molar-refractivity contribution in [3.05, 3.63) is 35.5 Å². The van der Waals surface area contributed by atoms with Gasteiger partial charge in [-0.3, -0.25) is 4.68 Å². The van der Waals surface area contributed by atoms with Crippen LogP contribution in [0.2, 0.25) is 0 Å². The number of aromatic nitrogens is 3. The van der Waals surface area contributed by atoms with Gasteiger partial charge >= 0.3 is 0 Å². The first kappa shape index (κ1) is 21.0. The first-order chi connectivity index (χ1) is 12.9. The second-order valence-electron chi connectivity index (χ2n) is 6.96. The van der Waals surface area contributed by atoms with Gasteiger partial charge in [-0.15, -0.1) is 0 Å². The van der Waals surface area contributed by atoms with Gasteiger partial charge in [0.05, 0.1) is 18.4 Å². The van der Waals surface area contributed by atoms with Crippen molar-refractivity contribution in [1.82, 2.24) is 25.6 Å². The zero-order valence-corrected chi connectivity index (χ0v) is 17.0. The van der Waals surface area contributed by atoms with Crippen molar-refractivity contribution in [3.63, 3.8) is 0 Å². The number of guanidine groups is 1. The van der Waals surface area contributed by atoms with Gasteiger partial charge in [-0.1, -0.05) is 19.0 Å². The van der Waals surface area contributed by atoms with Crippen molar-refractivity contribution >= 4 is 5.96 Å². The van der Waals surface area contributed by atoms with E-state index in [4.69, 9.17) is 4.52 Å². The second-order valence-corrected chi connectivity index (χ2v) is 6.96. The highest BCUT2D eigenvalue weighted by atomic mass is 16.5. The maximum atomic E-state index is 10.7. The molecule has 8 heteroatoms. The van der Waals surface area contributed by atoms with Crippen molar-refractivity contribution in [2.75, 3.05) is 13.1 Å². The number of aryl methyl sites for hydroxylation is 1. The van der Waals surface area contributed by atoms with Gasteiger partial charge in [-0.25, -0.2) is 4.99 Å². The Hall–Kier alpha value is -2.35. The smallest absolute Gasteiger partial charge is 0.191 e. The molecule has 8 nitrogen and oxygen atoms in total. The van der Waals surface area contributed by atoms with E-state index < -0.39 is 5.60 Å². The lowest BCUT2D eigenvalue weighted by molar-refractivity contribution is 0.0616. The SMILES string of the molecule is CCNC(=NCc1cc(C(CC)CC)no1)NCC(C)(O)c1cnn(C)c1. The van der Waals surface area contributed by atoms with Crippen molar-refractivity contribution in [3.8, 4) is 0 Å². The molecule has 0 radical (unpaired) electrons. The molecule has 0 aromatic carbocycles. The number of hydrogen-bond acceptors (Lipinski definition) is 5. The van der Waals surface area contributed by atoms with Crippen LogP contribution >= 0.6 is 0 Å². The first-order valence-electron chi connectivity index (χ1n) is 9.58. The van der Waals surface area contributed by atoms with Crippen LogP contribution in [0.3, 0.4) is 0 Å². The van der Waals surface area contributed by atoms with Gasteiger partial charge < -0.3 is 20.3 Å². The van der Waals surface area contributed by atoms with Crippen LogP contribution in [0.5, 0.6) is 0 Å². The molecule has 0 bridgehead atoms. The number of nitrogens with zero attached hydrogens (tertiary/aromatic N) is 4. The Bertz CT molecular complexity index is 730. The van der Waals surface area contributed by atoms with Crippen LogP contribution < -0.4 is 10.6 Å². The van der Waals surface area contributed by atoms with Gasteiger partial charge in [0.2, 0.25) is 0 Å². The van der Waals surface area contributed by atoms with E-state index in [-0.39, 0.29) is 0 Å². The molecule has 27 heavy (non-hydrogen) atoms. The number of nitrogens with one attached hydrogen (secondary N) is 2. The third kappa shape index (κ3) is 5.82. The average molecular weight is 377 g/mol. The van der Waals surface area contributed by atoms with E-state index >= 15 is 0 Å². The summed E-state index contributed by atoms with van der Waals surface area (Å²) in [7, 11) is 1.83. The third-order valence-corrected chi connectivity index (χ3v) is 4.65. The molecule has 2 aromatic heterocycles. The lowest BCUT2D eigenvalue weighted by atomic mass is 9.99. The molecule has 0 fully saturated rings. The summed E-state index contributed by atoms with van der Waals surface area (Å²) in [6, 6.07) is 1.98. The topological polar surface area (TPSA) is 100 Å². The van der Waals surface area contributed by atoms with Crippen LogP contribution in [-0.2, 0) is 19.2 Å². The minimum absolute atomic E-state index is 0.305. The molecular weight excluding hydrogens is 344 g/mol. The fourth-order valence-electron chi connectivity index (χ4n) is 2.86. The standard InChI is InChI=1S/C19H32N6O2/c1-6-14(7-2)17-9-16(27-24-17)11-21-18(20-8-3)22-13-19(4,26)15-10-23-25(5)12-15/h9-10,12,14,26H,6-8,11,13H2,1-5H3,(H2,20,21,22). The molecule has 2 heterocycles. The van der Waals surface area contributed by atoms with Crippen molar-refractivity contribution in [1.29, 1.82) is 0 Å². The molecule has 1 atom stereocenters. The van der Waals surface area contributed by atoms with Gasteiger partial charge in [0.25, 0.3) is 0 Å². The molecule has 150 valence electrons. The van der Waals surface area contributed by atoms with Crippen LogP contribution in [0.15, 0.2) is 28.0 Å². The number of aliphatic hydroxyl groups is 1. The summed E-state index contributed by atoms with van der Waals surface area (Å²) in [6.07, 6.45) is 5.55. The summed E-state index contributed by atoms with van der Waals surface area (Å²) in [4.78, 5) is 4.54. The first-order valence-corrected chi connectivity index (χ1v) is 9.58. The lowest BCUT2D eigenvalue weighted by Crippen LogP contribution is -2.44. The number of hydrogen-bond donors (Lipinski definition) is 3. The Labute approximate surface area is 161 Å². The van der Waals surface area contributed by atoms with E-state index in [9.17, 15) is 5.11 Å². The molecular formula is C19H32N6O2. The van der Waals surface area contributed by atoms with Crippen LogP contribution in [0.4, 0.5) is 0 Å². The maximum absolute atomic E-state index is 10.7. The van der Waals surface area contributed by atoms with Gasteiger partial charge in [-0.2, -0.15) is 5.10 Å².